The second kappa shape index (κ2) is 8.46. The first kappa shape index (κ1) is 19.8. The molecule has 29 heavy (non-hydrogen) atoms. The SMILES string of the molecule is C[C@H]1C[C@H](c2ccc(C#N)c3nccnc23)CN(C(=O)CC2CCN(C)CC2)C1. The number of hydrogen-bond acceptors (Lipinski definition) is 5. The summed E-state index contributed by atoms with van der Waals surface area (Å²) in [6.45, 7) is 5.97. The van der Waals surface area contributed by atoms with E-state index >= 15 is 0 Å². The van der Waals surface area contributed by atoms with Crippen molar-refractivity contribution >= 4 is 16.9 Å². The van der Waals surface area contributed by atoms with E-state index in [0.29, 0.717) is 35.2 Å². The topological polar surface area (TPSA) is 73.1 Å². The van der Waals surface area contributed by atoms with E-state index in [1.54, 1.807) is 12.4 Å². The average Bonchev–Trinajstić information content (AvgIpc) is 2.74. The van der Waals surface area contributed by atoms with Crippen LogP contribution in [0.15, 0.2) is 24.5 Å². The molecule has 2 atom stereocenters. The fraction of sp³-hybridized carbons (Fsp3) is 0.565. The van der Waals surface area contributed by atoms with E-state index in [0.717, 1.165) is 56.5 Å². The predicted molar refractivity (Wildman–Crippen MR) is 112 cm³/mol. The van der Waals surface area contributed by atoms with Crippen molar-refractivity contribution < 1.29 is 4.79 Å². The third kappa shape index (κ3) is 4.25. The van der Waals surface area contributed by atoms with E-state index in [1.807, 2.05) is 12.1 Å². The molecule has 0 N–H and O–H groups in total. The molecule has 1 aromatic carbocycles. The maximum Gasteiger partial charge on any atom is 0.222 e. The van der Waals surface area contributed by atoms with Gasteiger partial charge in [-0.25, -0.2) is 0 Å². The number of fused-ring (bicyclic) bond motifs is 1. The highest BCUT2D eigenvalue weighted by Crippen LogP contribution is 2.34. The first-order valence-electron chi connectivity index (χ1n) is 10.6. The van der Waals surface area contributed by atoms with Gasteiger partial charge in [0.05, 0.1) is 11.1 Å². The van der Waals surface area contributed by atoms with E-state index in [9.17, 15) is 10.1 Å². The first-order valence-corrected chi connectivity index (χ1v) is 10.6. The third-order valence-electron chi connectivity index (χ3n) is 6.53. The standard InChI is InChI=1S/C23H29N5O/c1-16-11-19(20-4-3-18(13-24)22-23(20)26-8-7-25-22)15-28(14-16)21(29)12-17-5-9-27(2)10-6-17/h3-4,7-8,16-17,19H,5-6,9-12,14-15H2,1-2H3/t16-,19-/m0/s1. The lowest BCUT2D eigenvalue weighted by Crippen LogP contribution is -2.43. The number of aromatic nitrogens is 2. The highest BCUT2D eigenvalue weighted by atomic mass is 16.2. The van der Waals surface area contributed by atoms with E-state index < -0.39 is 0 Å². The number of carbonyl (C=O) groups excluding carboxylic acids is 1. The van der Waals surface area contributed by atoms with Gasteiger partial charge >= 0.3 is 0 Å². The predicted octanol–water partition coefficient (Wildman–Crippen LogP) is 3.19. The number of piperidine rings is 2. The number of nitrogens with zero attached hydrogens (tertiary/aromatic N) is 5. The summed E-state index contributed by atoms with van der Waals surface area (Å²) in [5.41, 5.74) is 3.12. The molecule has 4 rings (SSSR count). The Kier molecular flexibility index (Phi) is 5.77. The lowest BCUT2D eigenvalue weighted by atomic mass is 9.83. The number of rotatable bonds is 3. The molecule has 2 saturated heterocycles. The van der Waals surface area contributed by atoms with Crippen molar-refractivity contribution in [3.05, 3.63) is 35.7 Å². The van der Waals surface area contributed by atoms with Crippen molar-refractivity contribution in [2.24, 2.45) is 11.8 Å². The maximum absolute atomic E-state index is 13.1. The van der Waals surface area contributed by atoms with Crippen molar-refractivity contribution in [3.8, 4) is 6.07 Å². The van der Waals surface area contributed by atoms with Crippen molar-refractivity contribution in [1.82, 2.24) is 19.8 Å². The minimum atomic E-state index is 0.229. The Bertz CT molecular complexity index is 929. The van der Waals surface area contributed by atoms with Gasteiger partial charge in [0.2, 0.25) is 5.91 Å². The van der Waals surface area contributed by atoms with Crippen LogP contribution in [0.2, 0.25) is 0 Å². The number of carbonyl (C=O) groups is 1. The van der Waals surface area contributed by atoms with Gasteiger partial charge in [0, 0.05) is 37.8 Å². The summed E-state index contributed by atoms with van der Waals surface area (Å²) in [5, 5.41) is 9.39. The second-order valence-corrected chi connectivity index (χ2v) is 8.86. The van der Waals surface area contributed by atoms with Crippen LogP contribution in [0.4, 0.5) is 0 Å². The molecule has 0 aliphatic carbocycles. The summed E-state index contributed by atoms with van der Waals surface area (Å²) in [5.74, 6) is 1.47. The van der Waals surface area contributed by atoms with Crippen molar-refractivity contribution in [2.75, 3.05) is 33.2 Å². The first-order chi connectivity index (χ1) is 14.0. The van der Waals surface area contributed by atoms with E-state index in [-0.39, 0.29) is 5.92 Å². The summed E-state index contributed by atoms with van der Waals surface area (Å²) in [7, 11) is 2.15. The van der Waals surface area contributed by atoms with Gasteiger partial charge < -0.3 is 9.80 Å². The van der Waals surface area contributed by atoms with Crippen LogP contribution in [0.5, 0.6) is 0 Å². The molecule has 2 aliphatic rings. The highest BCUT2D eigenvalue weighted by Gasteiger charge is 2.31. The van der Waals surface area contributed by atoms with Gasteiger partial charge in [0.1, 0.15) is 11.6 Å². The summed E-state index contributed by atoms with van der Waals surface area (Å²) >= 11 is 0. The minimum absolute atomic E-state index is 0.229. The number of likely N-dealkylation sites (tertiary alicyclic amines) is 2. The van der Waals surface area contributed by atoms with Crippen LogP contribution in [0, 0.1) is 23.2 Å². The zero-order valence-corrected chi connectivity index (χ0v) is 17.3. The van der Waals surface area contributed by atoms with Crippen LogP contribution in [-0.4, -0.2) is 58.9 Å². The summed E-state index contributed by atoms with van der Waals surface area (Å²) < 4.78 is 0. The Balaban J connectivity index is 1.53. The van der Waals surface area contributed by atoms with Crippen LogP contribution in [0.25, 0.3) is 11.0 Å². The second-order valence-electron chi connectivity index (χ2n) is 8.86. The number of amides is 1. The van der Waals surface area contributed by atoms with Crippen LogP contribution >= 0.6 is 0 Å². The molecule has 6 heteroatoms. The van der Waals surface area contributed by atoms with E-state index in [2.05, 4.69) is 39.8 Å². The molecule has 152 valence electrons. The molecule has 2 fully saturated rings. The normalized spacial score (nSPS) is 23.8. The van der Waals surface area contributed by atoms with Crippen LogP contribution in [-0.2, 0) is 4.79 Å². The Morgan fingerprint density at radius 2 is 1.90 bits per heavy atom. The molecule has 1 amide bonds. The fourth-order valence-corrected chi connectivity index (χ4v) is 4.92. The van der Waals surface area contributed by atoms with Crippen molar-refractivity contribution in [3.63, 3.8) is 0 Å². The molecule has 0 unspecified atom stereocenters. The maximum atomic E-state index is 13.1. The molecule has 1 aromatic heterocycles. The van der Waals surface area contributed by atoms with Gasteiger partial charge in [-0.15, -0.1) is 0 Å². The molecule has 6 nitrogen and oxygen atoms in total. The molecule has 3 heterocycles. The Morgan fingerprint density at radius 1 is 1.17 bits per heavy atom. The largest absolute Gasteiger partial charge is 0.342 e. The molecule has 2 aromatic rings. The summed E-state index contributed by atoms with van der Waals surface area (Å²) in [6, 6.07) is 6.07. The summed E-state index contributed by atoms with van der Waals surface area (Å²) in [6.07, 6.45) is 7.24. The summed E-state index contributed by atoms with van der Waals surface area (Å²) in [4.78, 5) is 26.4. The lowest BCUT2D eigenvalue weighted by Gasteiger charge is -2.38. The molecule has 0 spiro atoms. The third-order valence-corrected chi connectivity index (χ3v) is 6.53. The van der Waals surface area contributed by atoms with Gasteiger partial charge in [0.15, 0.2) is 0 Å². The van der Waals surface area contributed by atoms with Crippen LogP contribution in [0.1, 0.15) is 49.7 Å². The quantitative estimate of drug-likeness (QED) is 0.803. The molecular weight excluding hydrogens is 362 g/mol. The van der Waals surface area contributed by atoms with Crippen molar-refractivity contribution in [1.29, 1.82) is 5.26 Å². The molecule has 0 radical (unpaired) electrons. The van der Waals surface area contributed by atoms with Gasteiger partial charge in [-0.05, 0) is 62.9 Å². The van der Waals surface area contributed by atoms with Gasteiger partial charge in [0.25, 0.3) is 0 Å². The molecule has 0 bridgehead atoms. The van der Waals surface area contributed by atoms with Gasteiger partial charge in [-0.1, -0.05) is 13.0 Å². The monoisotopic (exact) mass is 391 g/mol. The number of nitriles is 1. The van der Waals surface area contributed by atoms with Crippen LogP contribution in [0.3, 0.4) is 0 Å². The van der Waals surface area contributed by atoms with Crippen molar-refractivity contribution in [2.45, 2.75) is 38.5 Å². The van der Waals surface area contributed by atoms with E-state index in [1.165, 1.54) is 0 Å². The molecular formula is C23H29N5O. The van der Waals surface area contributed by atoms with Crippen LogP contribution < -0.4 is 0 Å². The Hall–Kier alpha value is -2.52. The highest BCUT2D eigenvalue weighted by molar-refractivity contribution is 5.84. The lowest BCUT2D eigenvalue weighted by molar-refractivity contribution is -0.134. The fourth-order valence-electron chi connectivity index (χ4n) is 4.92. The smallest absolute Gasteiger partial charge is 0.222 e. The Labute approximate surface area is 172 Å². The zero-order chi connectivity index (χ0) is 20.4. The Morgan fingerprint density at radius 3 is 2.62 bits per heavy atom. The number of benzene rings is 1. The van der Waals surface area contributed by atoms with Gasteiger partial charge in [-0.3, -0.25) is 14.8 Å². The molecule has 2 aliphatic heterocycles. The average molecular weight is 392 g/mol. The van der Waals surface area contributed by atoms with Gasteiger partial charge in [-0.2, -0.15) is 5.26 Å². The van der Waals surface area contributed by atoms with E-state index in [4.69, 9.17) is 0 Å². The zero-order valence-electron chi connectivity index (χ0n) is 17.3. The minimum Gasteiger partial charge on any atom is -0.342 e. The number of hydrogen-bond donors (Lipinski definition) is 0. The molecule has 0 saturated carbocycles.